The smallest absolute Gasteiger partial charge is 0.254 e. The number of aromatic nitrogens is 1. The lowest BCUT2D eigenvalue weighted by atomic mass is 10.1. The molecule has 0 bridgehead atoms. The maximum atomic E-state index is 13.7. The Hall–Kier alpha value is -3.38. The minimum absolute atomic E-state index is 0.181. The first kappa shape index (κ1) is 19.9. The van der Waals surface area contributed by atoms with Gasteiger partial charge in [0.2, 0.25) is 0 Å². The minimum Gasteiger partial charge on any atom is -0.348 e. The Bertz CT molecular complexity index is 1180. The molecule has 0 spiro atoms. The lowest BCUT2D eigenvalue weighted by Gasteiger charge is -2.07. The van der Waals surface area contributed by atoms with Gasteiger partial charge in [0.15, 0.2) is 0 Å². The molecule has 1 amide bonds. The number of carbonyl (C=O) groups is 1. The zero-order valence-corrected chi connectivity index (χ0v) is 17.0. The zero-order chi connectivity index (χ0) is 21.1. The van der Waals surface area contributed by atoms with Crippen molar-refractivity contribution in [3.8, 4) is 21.8 Å². The maximum Gasteiger partial charge on any atom is 0.254 e. The molecule has 3 nitrogen and oxygen atoms in total. The van der Waals surface area contributed by atoms with Gasteiger partial charge >= 0.3 is 0 Å². The molecule has 1 heterocycles. The third-order valence-corrected chi connectivity index (χ3v) is 5.57. The number of carbonyl (C=O) groups excluding carboxylic acids is 1. The first-order valence-electron chi connectivity index (χ1n) is 9.35. The summed E-state index contributed by atoms with van der Waals surface area (Å²) in [6.45, 7) is 2.29. The highest BCUT2D eigenvalue weighted by Gasteiger charge is 2.12. The van der Waals surface area contributed by atoms with Gasteiger partial charge in [-0.05, 0) is 24.6 Å². The molecule has 0 saturated carbocycles. The number of thiazole rings is 1. The Labute approximate surface area is 177 Å². The highest BCUT2D eigenvalue weighted by atomic mass is 32.1. The number of nitrogens with zero attached hydrogens (tertiary/aromatic N) is 1. The first-order chi connectivity index (χ1) is 14.5. The Morgan fingerprint density at radius 1 is 0.967 bits per heavy atom. The second-order valence-corrected chi connectivity index (χ2v) is 7.77. The first-order valence-corrected chi connectivity index (χ1v) is 10.2. The van der Waals surface area contributed by atoms with Crippen LogP contribution in [0.4, 0.5) is 8.78 Å². The summed E-state index contributed by atoms with van der Waals surface area (Å²) in [5, 5.41) is 5.60. The van der Waals surface area contributed by atoms with Gasteiger partial charge < -0.3 is 5.32 Å². The van der Waals surface area contributed by atoms with Crippen LogP contribution in [0.2, 0.25) is 0 Å². The Morgan fingerprint density at radius 2 is 1.67 bits per heavy atom. The summed E-state index contributed by atoms with van der Waals surface area (Å²) in [5.41, 5.74) is 4.89. The molecular weight excluding hydrogens is 402 g/mol. The maximum absolute atomic E-state index is 13.7. The van der Waals surface area contributed by atoms with E-state index in [2.05, 4.69) is 36.5 Å². The van der Waals surface area contributed by atoms with E-state index in [1.807, 2.05) is 29.6 Å². The van der Waals surface area contributed by atoms with Crippen molar-refractivity contribution in [3.05, 3.63) is 100 Å². The van der Waals surface area contributed by atoms with Crippen LogP contribution in [0.15, 0.2) is 72.1 Å². The number of amides is 1. The number of halogens is 2. The Kier molecular flexibility index (Phi) is 5.68. The molecule has 1 aromatic heterocycles. The fourth-order valence-electron chi connectivity index (χ4n) is 2.98. The molecule has 0 fully saturated rings. The number of aryl methyl sites for hydroxylation is 1. The van der Waals surface area contributed by atoms with Gasteiger partial charge in [-0.3, -0.25) is 4.79 Å². The number of rotatable bonds is 5. The van der Waals surface area contributed by atoms with Gasteiger partial charge in [-0.25, -0.2) is 13.8 Å². The van der Waals surface area contributed by atoms with Crippen LogP contribution >= 0.6 is 11.3 Å². The van der Waals surface area contributed by atoms with Crippen molar-refractivity contribution in [2.45, 2.75) is 13.5 Å². The monoisotopic (exact) mass is 420 g/mol. The molecule has 0 aliphatic rings. The number of nitrogens with one attached hydrogen (secondary N) is 1. The van der Waals surface area contributed by atoms with Gasteiger partial charge in [-0.15, -0.1) is 11.3 Å². The summed E-state index contributed by atoms with van der Waals surface area (Å²) in [6, 6.07) is 18.8. The van der Waals surface area contributed by atoms with Crippen molar-refractivity contribution in [1.82, 2.24) is 10.3 Å². The summed E-state index contributed by atoms with van der Waals surface area (Å²) >= 11 is 1.57. The van der Waals surface area contributed by atoms with Gasteiger partial charge in [0, 0.05) is 29.1 Å². The molecule has 0 unspecified atom stereocenters. The minimum atomic E-state index is -0.879. The van der Waals surface area contributed by atoms with E-state index in [0.29, 0.717) is 6.07 Å². The van der Waals surface area contributed by atoms with Crippen molar-refractivity contribution in [2.75, 3.05) is 0 Å². The van der Waals surface area contributed by atoms with Crippen LogP contribution in [0.25, 0.3) is 21.8 Å². The van der Waals surface area contributed by atoms with E-state index >= 15 is 0 Å². The van der Waals surface area contributed by atoms with Gasteiger partial charge in [0.1, 0.15) is 16.6 Å². The van der Waals surface area contributed by atoms with E-state index in [4.69, 9.17) is 4.98 Å². The zero-order valence-electron chi connectivity index (χ0n) is 16.2. The molecule has 0 saturated heterocycles. The van der Waals surface area contributed by atoms with Crippen molar-refractivity contribution < 1.29 is 13.6 Å². The van der Waals surface area contributed by atoms with Crippen molar-refractivity contribution in [2.24, 2.45) is 0 Å². The average molecular weight is 420 g/mol. The highest BCUT2D eigenvalue weighted by molar-refractivity contribution is 7.13. The number of hydrogen-bond acceptors (Lipinski definition) is 3. The molecule has 1 N–H and O–H groups in total. The predicted molar refractivity (Wildman–Crippen MR) is 115 cm³/mol. The Morgan fingerprint density at radius 3 is 2.37 bits per heavy atom. The fraction of sp³-hybridized carbons (Fsp3) is 0.0833. The van der Waals surface area contributed by atoms with E-state index in [0.717, 1.165) is 39.5 Å². The molecule has 3 aromatic carbocycles. The van der Waals surface area contributed by atoms with E-state index in [1.54, 1.807) is 11.3 Å². The predicted octanol–water partition coefficient (Wildman–Crippen LogP) is 5.99. The van der Waals surface area contributed by atoms with Crippen LogP contribution in [0.3, 0.4) is 0 Å². The van der Waals surface area contributed by atoms with Gasteiger partial charge in [-0.1, -0.05) is 54.1 Å². The van der Waals surface area contributed by atoms with Gasteiger partial charge in [0.05, 0.1) is 11.3 Å². The van der Waals surface area contributed by atoms with Crippen LogP contribution in [0.1, 0.15) is 21.5 Å². The third-order valence-electron chi connectivity index (χ3n) is 4.68. The van der Waals surface area contributed by atoms with E-state index < -0.39 is 17.5 Å². The van der Waals surface area contributed by atoms with Crippen LogP contribution < -0.4 is 5.32 Å². The molecular formula is C24H18F2N2OS. The van der Waals surface area contributed by atoms with E-state index in [-0.39, 0.29) is 12.1 Å². The highest BCUT2D eigenvalue weighted by Crippen LogP contribution is 2.29. The van der Waals surface area contributed by atoms with E-state index in [9.17, 15) is 13.6 Å². The Balaban J connectivity index is 1.42. The molecule has 0 radical (unpaired) electrons. The lowest BCUT2D eigenvalue weighted by molar-refractivity contribution is 0.0947. The molecule has 0 aliphatic carbocycles. The van der Waals surface area contributed by atoms with Crippen LogP contribution in [-0.4, -0.2) is 10.9 Å². The van der Waals surface area contributed by atoms with Crippen molar-refractivity contribution in [3.63, 3.8) is 0 Å². The van der Waals surface area contributed by atoms with Crippen molar-refractivity contribution in [1.29, 1.82) is 0 Å². The molecule has 0 aliphatic heterocycles. The quantitative estimate of drug-likeness (QED) is 0.431. The normalized spacial score (nSPS) is 10.8. The van der Waals surface area contributed by atoms with E-state index in [1.165, 1.54) is 5.56 Å². The summed E-state index contributed by atoms with van der Waals surface area (Å²) in [4.78, 5) is 16.8. The van der Waals surface area contributed by atoms with Gasteiger partial charge in [-0.2, -0.15) is 0 Å². The molecule has 0 atom stereocenters. The second kappa shape index (κ2) is 8.55. The average Bonchev–Trinajstić information content (AvgIpc) is 3.23. The number of hydrogen-bond donors (Lipinski definition) is 1. The molecule has 30 heavy (non-hydrogen) atoms. The molecule has 4 rings (SSSR count). The van der Waals surface area contributed by atoms with Crippen LogP contribution in [0, 0.1) is 18.6 Å². The topological polar surface area (TPSA) is 42.0 Å². The number of benzene rings is 3. The summed E-state index contributed by atoms with van der Waals surface area (Å²) in [5.74, 6) is -2.18. The van der Waals surface area contributed by atoms with Crippen LogP contribution in [-0.2, 0) is 6.54 Å². The molecule has 150 valence electrons. The largest absolute Gasteiger partial charge is 0.348 e. The third kappa shape index (κ3) is 4.44. The molecule has 6 heteroatoms. The molecule has 4 aromatic rings. The van der Waals surface area contributed by atoms with Gasteiger partial charge in [0.25, 0.3) is 5.91 Å². The summed E-state index contributed by atoms with van der Waals surface area (Å²) in [6.07, 6.45) is 0. The summed E-state index contributed by atoms with van der Waals surface area (Å²) < 4.78 is 26.7. The fourth-order valence-corrected chi connectivity index (χ4v) is 3.81. The second-order valence-electron chi connectivity index (χ2n) is 6.91. The van der Waals surface area contributed by atoms with Crippen molar-refractivity contribution >= 4 is 17.2 Å². The van der Waals surface area contributed by atoms with Crippen LogP contribution in [0.5, 0.6) is 0 Å². The standard InChI is InChI=1S/C24H18F2N2OS/c1-15-2-6-17(7-3-15)22-14-30-24(28-22)18-8-4-16(5-9-18)13-27-23(29)20-11-10-19(25)12-21(20)26/h2-12,14H,13H2,1H3,(H,27,29). The SMILES string of the molecule is Cc1ccc(-c2csc(-c3ccc(CNC(=O)c4ccc(F)cc4F)cc3)n2)cc1. The summed E-state index contributed by atoms with van der Waals surface area (Å²) in [7, 11) is 0. The lowest BCUT2D eigenvalue weighted by Crippen LogP contribution is -2.23.